The summed E-state index contributed by atoms with van der Waals surface area (Å²) < 4.78 is 33.1. The van der Waals surface area contributed by atoms with Crippen molar-refractivity contribution < 1.29 is 18.3 Å². The summed E-state index contributed by atoms with van der Waals surface area (Å²) in [7, 11) is 0. The molecule has 2 atom stereocenters. The third-order valence-electron chi connectivity index (χ3n) is 3.41. The summed E-state index contributed by atoms with van der Waals surface area (Å²) in [5.41, 5.74) is -0.206. The fraction of sp³-hybridized carbons (Fsp3) is 0.389. The minimum atomic E-state index is -0.655. The van der Waals surface area contributed by atoms with Gasteiger partial charge in [0, 0.05) is 10.5 Å². The van der Waals surface area contributed by atoms with Crippen molar-refractivity contribution in [1.29, 1.82) is 0 Å². The lowest BCUT2D eigenvalue weighted by molar-refractivity contribution is 0.0498. The number of ether oxygens (including phenoxy) is 1. The number of halogens is 3. The molecule has 0 spiro atoms. The molecule has 4 nitrogen and oxygen atoms in total. The number of hydrogen-bond donors (Lipinski definition) is 2. The largest absolute Gasteiger partial charge is 0.444 e. The van der Waals surface area contributed by atoms with Crippen molar-refractivity contribution in [3.8, 4) is 0 Å². The number of amides is 1. The summed E-state index contributed by atoms with van der Waals surface area (Å²) in [5, 5.41) is 5.92. The lowest BCUT2D eigenvalue weighted by atomic mass is 9.98. The first-order chi connectivity index (χ1) is 11.6. The maximum Gasteiger partial charge on any atom is 0.407 e. The van der Waals surface area contributed by atoms with Gasteiger partial charge in [0.1, 0.15) is 17.2 Å². The lowest BCUT2D eigenvalue weighted by Crippen LogP contribution is -2.51. The molecule has 0 aromatic heterocycles. The van der Waals surface area contributed by atoms with Gasteiger partial charge in [-0.3, -0.25) is 0 Å². The highest BCUT2D eigenvalue weighted by molar-refractivity contribution is 9.11. The summed E-state index contributed by atoms with van der Waals surface area (Å²) in [5.74, 6) is -1.31. The van der Waals surface area contributed by atoms with Crippen molar-refractivity contribution in [2.24, 2.45) is 0 Å². The van der Waals surface area contributed by atoms with Gasteiger partial charge in [-0.15, -0.1) is 0 Å². The van der Waals surface area contributed by atoms with E-state index in [2.05, 4.69) is 26.6 Å². The zero-order valence-electron chi connectivity index (χ0n) is 14.3. The van der Waals surface area contributed by atoms with Crippen LogP contribution in [0.5, 0.6) is 0 Å². The molecule has 0 aliphatic carbocycles. The van der Waals surface area contributed by atoms with Crippen LogP contribution in [-0.2, 0) is 11.2 Å². The van der Waals surface area contributed by atoms with Gasteiger partial charge in [-0.25, -0.2) is 13.6 Å². The Bertz CT molecular complexity index is 679. The Morgan fingerprint density at radius 3 is 2.52 bits per heavy atom. The molecular formula is C18H21BrF2N2O2. The van der Waals surface area contributed by atoms with Crippen molar-refractivity contribution in [2.75, 3.05) is 0 Å². The van der Waals surface area contributed by atoms with Crippen LogP contribution in [0.3, 0.4) is 0 Å². The molecule has 2 N–H and O–H groups in total. The van der Waals surface area contributed by atoms with Gasteiger partial charge in [-0.1, -0.05) is 15.9 Å². The molecule has 0 saturated carbocycles. The number of carbonyl (C=O) groups is 1. The van der Waals surface area contributed by atoms with E-state index in [4.69, 9.17) is 4.74 Å². The van der Waals surface area contributed by atoms with Gasteiger partial charge >= 0.3 is 6.09 Å². The summed E-state index contributed by atoms with van der Waals surface area (Å²) in [6, 6.07) is 2.55. The maximum absolute atomic E-state index is 13.5. The lowest BCUT2D eigenvalue weighted by Gasteiger charge is -2.31. The molecule has 1 aromatic rings. The van der Waals surface area contributed by atoms with Crippen LogP contribution in [0.25, 0.3) is 0 Å². The third-order valence-corrected chi connectivity index (χ3v) is 4.16. The van der Waals surface area contributed by atoms with E-state index in [9.17, 15) is 13.6 Å². The summed E-state index contributed by atoms with van der Waals surface area (Å²) in [4.78, 5) is 12.2. The van der Waals surface area contributed by atoms with E-state index in [1.165, 1.54) is 12.1 Å². The van der Waals surface area contributed by atoms with Crippen LogP contribution in [0.2, 0.25) is 0 Å². The highest BCUT2D eigenvalue weighted by Crippen LogP contribution is 2.21. The molecule has 136 valence electrons. The number of nitrogens with one attached hydrogen (secondary N) is 2. The van der Waals surface area contributed by atoms with Crippen molar-refractivity contribution >= 4 is 22.0 Å². The molecule has 1 aliphatic heterocycles. The first kappa shape index (κ1) is 19.4. The molecule has 1 unspecified atom stereocenters. The summed E-state index contributed by atoms with van der Waals surface area (Å²) in [6.07, 6.45) is 5.03. The number of dihydropyridines is 1. The Balaban J connectivity index is 2.21. The monoisotopic (exact) mass is 414 g/mol. The topological polar surface area (TPSA) is 50.4 Å². The van der Waals surface area contributed by atoms with Gasteiger partial charge in [0.15, 0.2) is 0 Å². The molecule has 1 heterocycles. The Morgan fingerprint density at radius 1 is 1.32 bits per heavy atom. The normalized spacial score (nSPS) is 18.2. The van der Waals surface area contributed by atoms with Crippen molar-refractivity contribution in [1.82, 2.24) is 10.6 Å². The van der Waals surface area contributed by atoms with Gasteiger partial charge in [0.2, 0.25) is 0 Å². The zero-order chi connectivity index (χ0) is 18.6. The molecule has 7 heteroatoms. The van der Waals surface area contributed by atoms with Gasteiger partial charge < -0.3 is 15.4 Å². The smallest absolute Gasteiger partial charge is 0.407 e. The van der Waals surface area contributed by atoms with Crippen LogP contribution in [0, 0.1) is 11.6 Å². The van der Waals surface area contributed by atoms with E-state index < -0.39 is 29.4 Å². The minimum Gasteiger partial charge on any atom is -0.444 e. The van der Waals surface area contributed by atoms with E-state index in [1.807, 2.05) is 12.2 Å². The van der Waals surface area contributed by atoms with E-state index in [0.717, 1.165) is 10.5 Å². The molecule has 0 fully saturated rings. The second-order valence-electron chi connectivity index (χ2n) is 6.79. The quantitative estimate of drug-likeness (QED) is 0.777. The van der Waals surface area contributed by atoms with E-state index >= 15 is 0 Å². The SMILES string of the molecule is CC(C)(C)OC(=O)N[C@@H](Cc1cc(F)cc(F)c1)C1NC=CC=C1Br. The van der Waals surface area contributed by atoms with Crippen LogP contribution in [0.15, 0.2) is 41.0 Å². The van der Waals surface area contributed by atoms with Crippen LogP contribution >= 0.6 is 15.9 Å². The van der Waals surface area contributed by atoms with Gasteiger partial charge in [-0.2, -0.15) is 0 Å². The predicted molar refractivity (Wildman–Crippen MR) is 96.3 cm³/mol. The average Bonchev–Trinajstić information content (AvgIpc) is 2.44. The Labute approximate surface area is 154 Å². The first-order valence-electron chi connectivity index (χ1n) is 7.87. The highest BCUT2D eigenvalue weighted by Gasteiger charge is 2.28. The van der Waals surface area contributed by atoms with Gasteiger partial charge in [0.05, 0.1) is 12.1 Å². The van der Waals surface area contributed by atoms with E-state index in [0.29, 0.717) is 5.56 Å². The second kappa shape index (κ2) is 7.99. The molecule has 0 saturated heterocycles. The maximum atomic E-state index is 13.5. The first-order valence-corrected chi connectivity index (χ1v) is 8.66. The Morgan fingerprint density at radius 2 is 1.96 bits per heavy atom. The molecule has 0 bridgehead atoms. The number of carbonyl (C=O) groups excluding carboxylic acids is 1. The number of alkyl carbamates (subject to hydrolysis) is 1. The molecular weight excluding hydrogens is 394 g/mol. The number of rotatable bonds is 4. The van der Waals surface area contributed by atoms with Crippen LogP contribution < -0.4 is 10.6 Å². The van der Waals surface area contributed by atoms with Gasteiger partial charge in [-0.05, 0) is 63.2 Å². The van der Waals surface area contributed by atoms with Crippen molar-refractivity contribution in [3.63, 3.8) is 0 Å². The summed E-state index contributed by atoms with van der Waals surface area (Å²) >= 11 is 3.46. The van der Waals surface area contributed by atoms with Crippen molar-refractivity contribution in [3.05, 3.63) is 58.2 Å². The Hall–Kier alpha value is -1.89. The molecule has 1 amide bonds. The molecule has 0 radical (unpaired) electrons. The predicted octanol–water partition coefficient (Wildman–Crippen LogP) is 4.16. The standard InChI is InChI=1S/C18H21BrF2N2O2/c1-18(2,3)25-17(24)23-15(16-14(19)5-4-6-22-16)9-11-7-12(20)10-13(21)8-11/h4-8,10,15-16,22H,9H2,1-3H3,(H,23,24)/t15-,16?/m0/s1. The zero-order valence-corrected chi connectivity index (χ0v) is 15.9. The molecule has 1 aromatic carbocycles. The van der Waals surface area contributed by atoms with Gasteiger partial charge in [0.25, 0.3) is 0 Å². The van der Waals surface area contributed by atoms with E-state index in [1.54, 1.807) is 27.0 Å². The molecule has 2 rings (SSSR count). The van der Waals surface area contributed by atoms with E-state index in [-0.39, 0.29) is 12.5 Å². The third kappa shape index (κ3) is 6.16. The number of allylic oxidation sites excluding steroid dienone is 2. The van der Waals surface area contributed by atoms with Crippen LogP contribution in [0.1, 0.15) is 26.3 Å². The fourth-order valence-corrected chi connectivity index (χ4v) is 3.09. The van der Waals surface area contributed by atoms with Crippen LogP contribution in [-0.4, -0.2) is 23.8 Å². The van der Waals surface area contributed by atoms with Crippen LogP contribution in [0.4, 0.5) is 13.6 Å². The van der Waals surface area contributed by atoms with Crippen molar-refractivity contribution in [2.45, 2.75) is 44.9 Å². The fourth-order valence-electron chi connectivity index (χ4n) is 2.48. The Kier molecular flexibility index (Phi) is 6.21. The highest BCUT2D eigenvalue weighted by atomic mass is 79.9. The average molecular weight is 415 g/mol. The number of hydrogen-bond acceptors (Lipinski definition) is 3. The molecule has 25 heavy (non-hydrogen) atoms. The molecule has 1 aliphatic rings. The number of benzene rings is 1. The minimum absolute atomic E-state index is 0.225. The second-order valence-corrected chi connectivity index (χ2v) is 7.71. The summed E-state index contributed by atoms with van der Waals surface area (Å²) in [6.45, 7) is 5.29.